The van der Waals surface area contributed by atoms with E-state index in [2.05, 4.69) is 11.6 Å². The number of hydrogen-bond donors (Lipinski definition) is 3. The van der Waals surface area contributed by atoms with Gasteiger partial charge in [0.15, 0.2) is 11.5 Å². The second-order valence-electron chi connectivity index (χ2n) is 9.03. The van der Waals surface area contributed by atoms with Crippen molar-refractivity contribution in [3.05, 3.63) is 23.3 Å². The van der Waals surface area contributed by atoms with Gasteiger partial charge in [0.05, 0.1) is 7.11 Å². The van der Waals surface area contributed by atoms with E-state index in [1.54, 1.807) is 6.07 Å². The Kier molecular flexibility index (Phi) is 5.33. The van der Waals surface area contributed by atoms with Crippen molar-refractivity contribution in [3.8, 4) is 11.5 Å². The monoisotopic (exact) mass is 459 g/mol. The van der Waals surface area contributed by atoms with Gasteiger partial charge in [-0.25, -0.2) is 5.14 Å². The molecule has 11 heteroatoms. The summed E-state index contributed by atoms with van der Waals surface area (Å²) in [5.41, 5.74) is 2.09. The first-order chi connectivity index (χ1) is 13.9. The molecule has 0 radical (unpaired) electrons. The quantitative estimate of drug-likeness (QED) is 0.604. The molecule has 9 nitrogen and oxygen atoms in total. The third-order valence-corrected chi connectivity index (χ3v) is 8.55. The predicted octanol–water partition coefficient (Wildman–Crippen LogP) is 1.30. The molecule has 2 saturated carbocycles. The fourth-order valence-corrected chi connectivity index (χ4v) is 7.48. The van der Waals surface area contributed by atoms with E-state index in [1.807, 2.05) is 6.07 Å². The summed E-state index contributed by atoms with van der Waals surface area (Å²) in [5.74, 6) is 1.60. The van der Waals surface area contributed by atoms with Crippen LogP contribution in [-0.4, -0.2) is 30.0 Å². The molecule has 5 N–H and O–H groups in total. The van der Waals surface area contributed by atoms with Crippen molar-refractivity contribution in [3.63, 3.8) is 0 Å². The van der Waals surface area contributed by atoms with Gasteiger partial charge in [-0.3, -0.25) is 0 Å². The molecule has 168 valence electrons. The number of methoxy groups -OCH3 is 1. The summed E-state index contributed by atoms with van der Waals surface area (Å²) >= 11 is 0. The van der Waals surface area contributed by atoms with Gasteiger partial charge in [-0.1, -0.05) is 6.92 Å². The van der Waals surface area contributed by atoms with Crippen LogP contribution in [0.4, 0.5) is 0 Å². The number of rotatable bonds is 5. The third-order valence-electron chi connectivity index (χ3n) is 7.52. The molecule has 1 aromatic carbocycles. The molecule has 0 aliphatic heterocycles. The van der Waals surface area contributed by atoms with Crippen LogP contribution in [0.3, 0.4) is 0 Å². The number of ether oxygens (including phenoxy) is 1. The maximum absolute atomic E-state index is 11.6. The zero-order valence-electron chi connectivity index (χ0n) is 17.1. The van der Waals surface area contributed by atoms with Crippen LogP contribution >= 0.6 is 0 Å². The van der Waals surface area contributed by atoms with Gasteiger partial charge >= 0.3 is 10.3 Å². The lowest BCUT2D eigenvalue weighted by molar-refractivity contribution is 0.0461. The first-order valence-electron chi connectivity index (χ1n) is 10.1. The van der Waals surface area contributed by atoms with Crippen LogP contribution in [0.2, 0.25) is 0 Å². The summed E-state index contributed by atoms with van der Waals surface area (Å²) in [7, 11) is -6.42. The lowest BCUT2D eigenvalue weighted by Crippen LogP contribution is -2.51. The summed E-state index contributed by atoms with van der Waals surface area (Å²) in [4.78, 5) is 0. The highest BCUT2D eigenvalue weighted by Gasteiger charge is 2.55. The van der Waals surface area contributed by atoms with Crippen molar-refractivity contribution in [1.29, 1.82) is 0 Å². The molecule has 0 bridgehead atoms. The highest BCUT2D eigenvalue weighted by molar-refractivity contribution is 7.87. The fraction of sp³-hybridized carbons (Fsp3) is 0.684. The smallest absolute Gasteiger partial charge is 0.380 e. The van der Waals surface area contributed by atoms with E-state index in [1.165, 1.54) is 7.11 Å². The van der Waals surface area contributed by atoms with Gasteiger partial charge in [0, 0.05) is 6.04 Å². The molecule has 2 fully saturated rings. The summed E-state index contributed by atoms with van der Waals surface area (Å²) in [6.45, 7) is 2.18. The van der Waals surface area contributed by atoms with Crippen molar-refractivity contribution < 1.29 is 25.8 Å². The second kappa shape index (κ2) is 7.33. The summed E-state index contributed by atoms with van der Waals surface area (Å²) in [5, 5.41) is 10.3. The van der Waals surface area contributed by atoms with Crippen LogP contribution in [0.1, 0.15) is 56.1 Å². The SMILES string of the molecule is COc1cc2c(cc1OS(N)(=O)=O)CC[C@@H]1[C@@H]2CC[C@]2(C)[C@@H](NS(N)(=O)=O)CC[C@@H]12. The minimum absolute atomic E-state index is 0.108. The lowest BCUT2D eigenvalue weighted by atomic mass is 9.55. The van der Waals surface area contributed by atoms with Gasteiger partial charge in [0.1, 0.15) is 0 Å². The van der Waals surface area contributed by atoms with E-state index < -0.39 is 20.5 Å². The maximum Gasteiger partial charge on any atom is 0.380 e. The number of fused-ring (bicyclic) bond motifs is 5. The Balaban J connectivity index is 1.65. The van der Waals surface area contributed by atoms with Crippen LogP contribution in [-0.2, 0) is 26.9 Å². The summed E-state index contributed by atoms with van der Waals surface area (Å²) in [6.07, 6.45) is 5.32. The number of benzene rings is 1. The molecule has 1 aromatic rings. The molecular weight excluding hydrogens is 430 g/mol. The number of nitrogens with one attached hydrogen (secondary N) is 1. The summed E-state index contributed by atoms with van der Waals surface area (Å²) < 4.78 is 59.0. The second-order valence-corrected chi connectivity index (χ2v) is 11.5. The zero-order valence-corrected chi connectivity index (χ0v) is 18.8. The van der Waals surface area contributed by atoms with Crippen LogP contribution in [0.5, 0.6) is 11.5 Å². The summed E-state index contributed by atoms with van der Waals surface area (Å²) in [6, 6.07) is 3.47. The Morgan fingerprint density at radius 1 is 1.07 bits per heavy atom. The molecule has 5 atom stereocenters. The highest BCUT2D eigenvalue weighted by Crippen LogP contribution is 2.61. The maximum atomic E-state index is 11.6. The molecule has 30 heavy (non-hydrogen) atoms. The minimum atomic E-state index is -4.15. The molecule has 0 amide bonds. The molecule has 3 aliphatic carbocycles. The molecule has 3 aliphatic rings. The average molecular weight is 460 g/mol. The Bertz CT molecular complexity index is 1060. The van der Waals surface area contributed by atoms with Gasteiger partial charge in [0.2, 0.25) is 0 Å². The van der Waals surface area contributed by atoms with Crippen LogP contribution < -0.4 is 23.9 Å². The highest BCUT2D eigenvalue weighted by atomic mass is 32.2. The van der Waals surface area contributed by atoms with Crippen molar-refractivity contribution in [1.82, 2.24) is 4.72 Å². The van der Waals surface area contributed by atoms with Crippen molar-refractivity contribution in [2.24, 2.45) is 27.5 Å². The van der Waals surface area contributed by atoms with Crippen LogP contribution in [0.15, 0.2) is 12.1 Å². The molecule has 0 spiro atoms. The van der Waals surface area contributed by atoms with Crippen LogP contribution in [0.25, 0.3) is 0 Å². The van der Waals surface area contributed by atoms with E-state index in [0.29, 0.717) is 23.5 Å². The normalized spacial score (nSPS) is 33.3. The Morgan fingerprint density at radius 2 is 1.80 bits per heavy atom. The number of hydrogen-bond acceptors (Lipinski definition) is 6. The largest absolute Gasteiger partial charge is 0.493 e. The molecule has 0 unspecified atom stereocenters. The Morgan fingerprint density at radius 3 is 2.43 bits per heavy atom. The van der Waals surface area contributed by atoms with E-state index in [4.69, 9.17) is 19.2 Å². The Hall–Kier alpha value is -1.40. The first-order valence-corrected chi connectivity index (χ1v) is 13.2. The van der Waals surface area contributed by atoms with Crippen molar-refractivity contribution in [2.45, 2.75) is 57.4 Å². The predicted molar refractivity (Wildman–Crippen MR) is 111 cm³/mol. The standard InChI is InChI=1S/C19H29N3O6S2/c1-19-8-7-12-13(15(19)5-6-18(19)22-29(20,23)24)4-3-11-9-17(28-30(21,25)26)16(27-2)10-14(11)12/h9-10,12-13,15,18,22H,3-8H2,1-2H3,(H2,20,23,24)(H2,21,25,26)/t12-,13+,15-,18-,19-/m0/s1. The zero-order chi connectivity index (χ0) is 21.9. The molecule has 0 saturated heterocycles. The minimum Gasteiger partial charge on any atom is -0.493 e. The fourth-order valence-electron chi connectivity index (χ4n) is 6.32. The van der Waals surface area contributed by atoms with E-state index >= 15 is 0 Å². The van der Waals surface area contributed by atoms with Gasteiger partial charge < -0.3 is 8.92 Å². The van der Waals surface area contributed by atoms with Gasteiger partial charge in [0.25, 0.3) is 10.2 Å². The van der Waals surface area contributed by atoms with E-state index in [0.717, 1.165) is 49.7 Å². The number of aryl methyl sites for hydroxylation is 1. The molecular formula is C19H29N3O6S2. The van der Waals surface area contributed by atoms with E-state index in [9.17, 15) is 16.8 Å². The average Bonchev–Trinajstić information content (AvgIpc) is 2.94. The van der Waals surface area contributed by atoms with Gasteiger partial charge in [-0.2, -0.15) is 26.7 Å². The molecule has 0 aromatic heterocycles. The molecule has 0 heterocycles. The van der Waals surface area contributed by atoms with Crippen LogP contribution in [0, 0.1) is 17.3 Å². The first kappa shape index (κ1) is 21.8. The lowest BCUT2D eigenvalue weighted by Gasteiger charge is -2.51. The third kappa shape index (κ3) is 3.93. The Labute approximate surface area is 177 Å². The topological polar surface area (TPSA) is 151 Å². The van der Waals surface area contributed by atoms with Gasteiger partial charge in [-0.05, 0) is 85.0 Å². The van der Waals surface area contributed by atoms with E-state index in [-0.39, 0.29) is 17.2 Å². The van der Waals surface area contributed by atoms with Crippen molar-refractivity contribution >= 4 is 20.5 Å². The molecule has 4 rings (SSSR count). The van der Waals surface area contributed by atoms with Gasteiger partial charge in [-0.15, -0.1) is 0 Å². The number of nitrogens with two attached hydrogens (primary N) is 2. The van der Waals surface area contributed by atoms with Crippen molar-refractivity contribution in [2.75, 3.05) is 7.11 Å².